The monoisotopic (exact) mass is 347 g/mol. The zero-order valence-electron chi connectivity index (χ0n) is 13.9. The lowest BCUT2D eigenvalue weighted by Gasteiger charge is -2.22. The molecule has 0 heterocycles. The van der Waals surface area contributed by atoms with Gasteiger partial charge in [0.1, 0.15) is 12.1 Å². The van der Waals surface area contributed by atoms with Crippen molar-refractivity contribution in [1.29, 1.82) is 0 Å². The van der Waals surface area contributed by atoms with Crippen molar-refractivity contribution in [2.24, 2.45) is 5.73 Å². The summed E-state index contributed by atoms with van der Waals surface area (Å²) in [5.74, 6) is -1.85. The molecule has 0 unspecified atom stereocenters. The molecule has 0 aromatic rings. The SMILES string of the molecule is CCCC[C@H](NC(=O)[C@H](CCCC)NC(=O)[C@@H](N)CS)C(=O)O. The summed E-state index contributed by atoms with van der Waals surface area (Å²) in [4.78, 5) is 35.4. The Kier molecular flexibility index (Phi) is 11.5. The van der Waals surface area contributed by atoms with Crippen LogP contribution in [0.25, 0.3) is 0 Å². The summed E-state index contributed by atoms with van der Waals surface area (Å²) in [6.45, 7) is 3.92. The lowest BCUT2D eigenvalue weighted by atomic mass is 10.1. The first-order chi connectivity index (χ1) is 10.9. The van der Waals surface area contributed by atoms with Crippen molar-refractivity contribution >= 4 is 30.4 Å². The first-order valence-electron chi connectivity index (χ1n) is 8.07. The fraction of sp³-hybridized carbons (Fsp3) is 0.800. The topological polar surface area (TPSA) is 122 Å². The molecule has 0 aromatic carbocycles. The molecule has 0 saturated heterocycles. The van der Waals surface area contributed by atoms with Gasteiger partial charge < -0.3 is 21.5 Å². The molecule has 23 heavy (non-hydrogen) atoms. The van der Waals surface area contributed by atoms with Gasteiger partial charge in [-0.25, -0.2) is 4.79 Å². The van der Waals surface area contributed by atoms with E-state index >= 15 is 0 Å². The quantitative estimate of drug-likeness (QED) is 0.332. The van der Waals surface area contributed by atoms with Crippen LogP contribution in [0.1, 0.15) is 52.4 Å². The summed E-state index contributed by atoms with van der Waals surface area (Å²) < 4.78 is 0. The summed E-state index contributed by atoms with van der Waals surface area (Å²) in [6, 6.07) is -2.52. The van der Waals surface area contributed by atoms with Crippen LogP contribution < -0.4 is 16.4 Å². The third-order valence-electron chi connectivity index (χ3n) is 3.47. The Morgan fingerprint density at radius 2 is 1.48 bits per heavy atom. The largest absolute Gasteiger partial charge is 0.480 e. The second-order valence-corrected chi connectivity index (χ2v) is 5.90. The van der Waals surface area contributed by atoms with Gasteiger partial charge in [0, 0.05) is 5.75 Å². The second kappa shape index (κ2) is 12.2. The van der Waals surface area contributed by atoms with Crippen molar-refractivity contribution in [3.8, 4) is 0 Å². The Labute approximate surface area is 143 Å². The normalized spacial score (nSPS) is 14.6. The number of carbonyl (C=O) groups is 3. The molecule has 0 radical (unpaired) electrons. The minimum absolute atomic E-state index is 0.169. The lowest BCUT2D eigenvalue weighted by molar-refractivity contribution is -0.142. The summed E-state index contributed by atoms with van der Waals surface area (Å²) in [7, 11) is 0. The molecular formula is C15H29N3O4S. The van der Waals surface area contributed by atoms with Crippen LogP contribution in [0.4, 0.5) is 0 Å². The molecule has 134 valence electrons. The Morgan fingerprint density at radius 3 is 1.91 bits per heavy atom. The number of carbonyl (C=O) groups excluding carboxylic acids is 2. The summed E-state index contributed by atoms with van der Waals surface area (Å²) in [5, 5.41) is 14.3. The standard InChI is InChI=1S/C15H29N3O4S/c1-3-5-7-11(17-13(19)10(16)9-23)14(20)18-12(15(21)22)8-6-4-2/h10-12,23H,3-9,16H2,1-2H3,(H,17,19)(H,18,20)(H,21,22)/t10-,11-,12-/m0/s1. The van der Waals surface area contributed by atoms with Crippen LogP contribution in [0.15, 0.2) is 0 Å². The maximum Gasteiger partial charge on any atom is 0.326 e. The number of amides is 2. The Balaban J connectivity index is 4.82. The molecular weight excluding hydrogens is 318 g/mol. The van der Waals surface area contributed by atoms with Crippen LogP contribution in [-0.4, -0.2) is 46.8 Å². The molecule has 7 nitrogen and oxygen atoms in total. The molecule has 0 bridgehead atoms. The first kappa shape index (κ1) is 21.7. The number of nitrogens with two attached hydrogens (primary N) is 1. The number of thiol groups is 1. The van der Waals surface area contributed by atoms with Crippen molar-refractivity contribution in [2.45, 2.75) is 70.5 Å². The van der Waals surface area contributed by atoms with Crippen LogP contribution in [0, 0.1) is 0 Å². The van der Waals surface area contributed by atoms with Crippen molar-refractivity contribution in [3.05, 3.63) is 0 Å². The maximum atomic E-state index is 12.3. The van der Waals surface area contributed by atoms with Gasteiger partial charge in [-0.15, -0.1) is 0 Å². The number of nitrogens with one attached hydrogen (secondary N) is 2. The fourth-order valence-electron chi connectivity index (χ4n) is 1.98. The molecule has 0 aliphatic carbocycles. The van der Waals surface area contributed by atoms with E-state index in [0.717, 1.165) is 19.3 Å². The van der Waals surface area contributed by atoms with E-state index in [-0.39, 0.29) is 5.75 Å². The minimum Gasteiger partial charge on any atom is -0.480 e. The summed E-state index contributed by atoms with van der Waals surface area (Å²) in [5.41, 5.74) is 5.59. The Bertz CT molecular complexity index is 393. The highest BCUT2D eigenvalue weighted by molar-refractivity contribution is 7.80. The van der Waals surface area contributed by atoms with Crippen LogP contribution in [0.3, 0.4) is 0 Å². The Hall–Kier alpha value is -1.28. The number of hydrogen-bond donors (Lipinski definition) is 5. The number of rotatable bonds is 12. The molecule has 3 atom stereocenters. The molecule has 2 amide bonds. The van der Waals surface area contributed by atoms with E-state index in [1.165, 1.54) is 0 Å². The predicted molar refractivity (Wildman–Crippen MR) is 92.4 cm³/mol. The van der Waals surface area contributed by atoms with E-state index in [0.29, 0.717) is 19.3 Å². The fourth-order valence-corrected chi connectivity index (χ4v) is 2.14. The van der Waals surface area contributed by atoms with Gasteiger partial charge in [-0.2, -0.15) is 12.6 Å². The van der Waals surface area contributed by atoms with E-state index in [1.54, 1.807) is 0 Å². The van der Waals surface area contributed by atoms with Crippen LogP contribution in [0.5, 0.6) is 0 Å². The van der Waals surface area contributed by atoms with E-state index in [1.807, 2.05) is 13.8 Å². The smallest absolute Gasteiger partial charge is 0.326 e. The van der Waals surface area contributed by atoms with Crippen molar-refractivity contribution in [2.75, 3.05) is 5.75 Å². The number of carboxylic acid groups (broad SMARTS) is 1. The van der Waals surface area contributed by atoms with Gasteiger partial charge in [0.25, 0.3) is 0 Å². The predicted octanol–water partition coefficient (Wildman–Crippen LogP) is 0.678. The number of unbranched alkanes of at least 4 members (excludes halogenated alkanes) is 2. The molecule has 8 heteroatoms. The molecule has 0 aromatic heterocycles. The molecule has 0 aliphatic rings. The lowest BCUT2D eigenvalue weighted by Crippen LogP contribution is -2.54. The first-order valence-corrected chi connectivity index (χ1v) is 8.70. The third-order valence-corrected chi connectivity index (χ3v) is 3.87. The number of aliphatic carboxylic acids is 1. The second-order valence-electron chi connectivity index (χ2n) is 5.53. The zero-order chi connectivity index (χ0) is 17.8. The van der Waals surface area contributed by atoms with Gasteiger partial charge in [0.05, 0.1) is 6.04 Å². The van der Waals surface area contributed by atoms with Gasteiger partial charge in [0.2, 0.25) is 11.8 Å². The Morgan fingerprint density at radius 1 is 1.00 bits per heavy atom. The van der Waals surface area contributed by atoms with E-state index in [4.69, 9.17) is 5.73 Å². The van der Waals surface area contributed by atoms with Crippen molar-refractivity contribution in [1.82, 2.24) is 10.6 Å². The number of carboxylic acids is 1. The molecule has 0 saturated carbocycles. The van der Waals surface area contributed by atoms with Gasteiger partial charge >= 0.3 is 5.97 Å². The molecule has 0 fully saturated rings. The van der Waals surface area contributed by atoms with E-state index < -0.39 is 35.9 Å². The van der Waals surface area contributed by atoms with Gasteiger partial charge in [0.15, 0.2) is 0 Å². The van der Waals surface area contributed by atoms with Crippen LogP contribution in [0.2, 0.25) is 0 Å². The minimum atomic E-state index is -1.07. The summed E-state index contributed by atoms with van der Waals surface area (Å²) >= 11 is 3.96. The van der Waals surface area contributed by atoms with Gasteiger partial charge in [-0.3, -0.25) is 9.59 Å². The maximum absolute atomic E-state index is 12.3. The van der Waals surface area contributed by atoms with Crippen molar-refractivity contribution in [3.63, 3.8) is 0 Å². The van der Waals surface area contributed by atoms with Crippen LogP contribution >= 0.6 is 12.6 Å². The molecule has 5 N–H and O–H groups in total. The van der Waals surface area contributed by atoms with Crippen LogP contribution in [-0.2, 0) is 14.4 Å². The summed E-state index contributed by atoms with van der Waals surface area (Å²) in [6.07, 6.45) is 3.94. The van der Waals surface area contributed by atoms with Gasteiger partial charge in [-0.1, -0.05) is 39.5 Å². The van der Waals surface area contributed by atoms with Gasteiger partial charge in [-0.05, 0) is 12.8 Å². The van der Waals surface area contributed by atoms with E-state index in [2.05, 4.69) is 23.3 Å². The van der Waals surface area contributed by atoms with E-state index in [9.17, 15) is 19.5 Å². The zero-order valence-corrected chi connectivity index (χ0v) is 14.8. The highest BCUT2D eigenvalue weighted by Crippen LogP contribution is 2.05. The molecule has 0 aliphatic heterocycles. The number of hydrogen-bond acceptors (Lipinski definition) is 5. The molecule has 0 spiro atoms. The highest BCUT2D eigenvalue weighted by Gasteiger charge is 2.26. The average molecular weight is 347 g/mol. The highest BCUT2D eigenvalue weighted by atomic mass is 32.1. The average Bonchev–Trinajstić information content (AvgIpc) is 2.53. The third kappa shape index (κ3) is 8.80. The molecule has 0 rings (SSSR count). The van der Waals surface area contributed by atoms with Crippen molar-refractivity contribution < 1.29 is 19.5 Å².